The van der Waals surface area contributed by atoms with Crippen molar-refractivity contribution in [3.8, 4) is 0 Å². The fourth-order valence-corrected chi connectivity index (χ4v) is 2.32. The van der Waals surface area contributed by atoms with Crippen LogP contribution in [-0.2, 0) is 21.4 Å². The molecule has 25 heavy (non-hydrogen) atoms. The molecule has 13 heteroatoms. The number of hydrogen-bond acceptors (Lipinski definition) is 5. The Morgan fingerprint density at radius 3 is 2.36 bits per heavy atom. The van der Waals surface area contributed by atoms with Gasteiger partial charge in [0.2, 0.25) is 0 Å². The van der Waals surface area contributed by atoms with E-state index in [1.54, 1.807) is 7.05 Å². The lowest BCUT2D eigenvalue weighted by Crippen LogP contribution is -2.50. The summed E-state index contributed by atoms with van der Waals surface area (Å²) in [6.45, 7) is -0.536. The molecule has 2 rings (SSSR count). The van der Waals surface area contributed by atoms with Crippen molar-refractivity contribution in [2.75, 3.05) is 11.9 Å². The number of esters is 1. The highest BCUT2D eigenvalue weighted by Gasteiger charge is 2.52. The molecule has 1 amide bonds. The monoisotopic (exact) mass is 374 g/mol. The second-order valence-corrected chi connectivity index (χ2v) is 5.23. The van der Waals surface area contributed by atoms with Gasteiger partial charge in [0.05, 0.1) is 17.9 Å². The van der Waals surface area contributed by atoms with Gasteiger partial charge < -0.3 is 10.1 Å². The van der Waals surface area contributed by atoms with E-state index in [-0.39, 0.29) is 17.0 Å². The molecular weight excluding hydrogens is 362 g/mol. The van der Waals surface area contributed by atoms with Crippen LogP contribution in [0.4, 0.5) is 32.0 Å². The van der Waals surface area contributed by atoms with E-state index in [4.69, 9.17) is 0 Å². The second-order valence-electron chi connectivity index (χ2n) is 5.23. The zero-order valence-electron chi connectivity index (χ0n) is 12.6. The minimum absolute atomic E-state index is 0.0532. The minimum atomic E-state index is -5.41. The maximum atomic E-state index is 12.6. The van der Waals surface area contributed by atoms with Gasteiger partial charge in [-0.15, -0.1) is 0 Å². The van der Waals surface area contributed by atoms with Crippen molar-refractivity contribution in [3.05, 3.63) is 12.4 Å². The summed E-state index contributed by atoms with van der Waals surface area (Å²) in [5.74, 6) is -5.07. The van der Waals surface area contributed by atoms with Gasteiger partial charge in [-0.3, -0.25) is 14.4 Å². The molecule has 7 nitrogen and oxygen atoms in total. The highest BCUT2D eigenvalue weighted by Crippen LogP contribution is 2.30. The van der Waals surface area contributed by atoms with Crippen molar-refractivity contribution < 1.29 is 40.7 Å². The number of carbonyl (C=O) groups is 2. The van der Waals surface area contributed by atoms with E-state index < -0.39 is 43.0 Å². The van der Waals surface area contributed by atoms with Crippen molar-refractivity contribution in [1.29, 1.82) is 0 Å². The third-order valence-corrected chi connectivity index (χ3v) is 3.35. The zero-order valence-corrected chi connectivity index (χ0v) is 12.6. The number of nitrogens with one attached hydrogen (secondary N) is 1. The maximum Gasteiger partial charge on any atom is 0.491 e. The van der Waals surface area contributed by atoms with Crippen molar-refractivity contribution in [1.82, 2.24) is 14.7 Å². The average Bonchev–Trinajstić information content (AvgIpc) is 3.04. The van der Waals surface area contributed by atoms with Crippen LogP contribution >= 0.6 is 0 Å². The number of carbonyl (C=O) groups excluding carboxylic acids is 2. The Labute approximate surface area is 136 Å². The molecule has 0 aliphatic carbocycles. The molecule has 2 heterocycles. The van der Waals surface area contributed by atoms with E-state index in [9.17, 15) is 35.9 Å². The molecule has 140 valence electrons. The van der Waals surface area contributed by atoms with Crippen molar-refractivity contribution >= 4 is 17.6 Å². The molecule has 0 bridgehead atoms. The number of aryl methyl sites for hydroxylation is 1. The molecule has 0 saturated carbocycles. The molecular formula is C12H12F6N4O3. The number of ether oxygens (including phenoxy) is 1. The standard InChI is InChI=1S/C12H12F6N4O3/c1-21-5-6(4-19-21)20-7-2-3-22(9(23)11(13,14)15)8(7)25-10(24)12(16,17)18/h4-5,7-8,20H,2-3H2,1H3. The normalized spacial score (nSPS) is 21.3. The summed E-state index contributed by atoms with van der Waals surface area (Å²) in [6.07, 6.45) is -10.3. The quantitative estimate of drug-likeness (QED) is 0.640. The smallest absolute Gasteiger partial charge is 0.433 e. The highest BCUT2D eigenvalue weighted by molar-refractivity contribution is 5.83. The predicted octanol–water partition coefficient (Wildman–Crippen LogP) is 1.43. The number of rotatable bonds is 3. The Hall–Kier alpha value is -2.47. The third-order valence-electron chi connectivity index (χ3n) is 3.35. The van der Waals surface area contributed by atoms with Gasteiger partial charge >= 0.3 is 24.2 Å². The summed E-state index contributed by atoms with van der Waals surface area (Å²) in [5, 5.41) is 6.40. The Morgan fingerprint density at radius 1 is 1.24 bits per heavy atom. The number of alkyl halides is 6. The van der Waals surface area contributed by atoms with E-state index >= 15 is 0 Å². The molecule has 1 N–H and O–H groups in total. The van der Waals surface area contributed by atoms with Gasteiger partial charge in [-0.05, 0) is 6.42 Å². The Balaban J connectivity index is 2.23. The first kappa shape index (κ1) is 18.9. The number of likely N-dealkylation sites (tertiary alicyclic amines) is 1. The summed E-state index contributed by atoms with van der Waals surface area (Å²) in [4.78, 5) is 22.5. The number of nitrogens with zero attached hydrogens (tertiary/aromatic N) is 3. The van der Waals surface area contributed by atoms with Gasteiger partial charge in [-0.25, -0.2) is 4.79 Å². The van der Waals surface area contributed by atoms with Crippen LogP contribution < -0.4 is 5.32 Å². The van der Waals surface area contributed by atoms with E-state index in [1.807, 2.05) is 0 Å². The first-order chi connectivity index (χ1) is 11.4. The lowest BCUT2D eigenvalue weighted by atomic mass is 10.2. The fourth-order valence-electron chi connectivity index (χ4n) is 2.32. The van der Waals surface area contributed by atoms with Crippen LogP contribution in [0.2, 0.25) is 0 Å². The van der Waals surface area contributed by atoms with Crippen molar-refractivity contribution in [2.45, 2.75) is 31.0 Å². The topological polar surface area (TPSA) is 76.5 Å². The van der Waals surface area contributed by atoms with Gasteiger partial charge in [0.1, 0.15) is 0 Å². The molecule has 0 radical (unpaired) electrons. The number of aromatic nitrogens is 2. The molecule has 1 aliphatic rings. The van der Waals surface area contributed by atoms with Crippen LogP contribution in [0.1, 0.15) is 6.42 Å². The van der Waals surface area contributed by atoms with Crippen LogP contribution in [0.5, 0.6) is 0 Å². The SMILES string of the molecule is Cn1cc(NC2CCN(C(=O)C(F)(F)F)C2OC(=O)C(F)(F)F)cn1. The molecule has 1 aromatic rings. The summed E-state index contributed by atoms with van der Waals surface area (Å²) >= 11 is 0. The largest absolute Gasteiger partial charge is 0.491 e. The molecule has 0 aromatic carbocycles. The minimum Gasteiger partial charge on any atom is -0.433 e. The summed E-state index contributed by atoms with van der Waals surface area (Å²) < 4.78 is 80.5. The third kappa shape index (κ3) is 4.33. The van der Waals surface area contributed by atoms with Crippen LogP contribution in [0.25, 0.3) is 0 Å². The van der Waals surface area contributed by atoms with Crippen LogP contribution in [-0.4, -0.2) is 57.7 Å². The number of hydrogen-bond donors (Lipinski definition) is 1. The Bertz CT molecular complexity index is 656. The van der Waals surface area contributed by atoms with Crippen LogP contribution in [0.15, 0.2) is 12.4 Å². The van der Waals surface area contributed by atoms with E-state index in [1.165, 1.54) is 17.1 Å². The average molecular weight is 374 g/mol. The molecule has 1 fully saturated rings. The van der Waals surface area contributed by atoms with Gasteiger partial charge in [0.25, 0.3) is 0 Å². The second kappa shape index (κ2) is 6.44. The van der Waals surface area contributed by atoms with E-state index in [0.717, 1.165) is 0 Å². The van der Waals surface area contributed by atoms with Gasteiger partial charge in [-0.1, -0.05) is 0 Å². The van der Waals surface area contributed by atoms with E-state index in [0.29, 0.717) is 0 Å². The van der Waals surface area contributed by atoms with Crippen molar-refractivity contribution in [3.63, 3.8) is 0 Å². The fraction of sp³-hybridized carbons (Fsp3) is 0.583. The number of anilines is 1. The molecule has 1 aliphatic heterocycles. The van der Waals surface area contributed by atoms with Gasteiger partial charge in [0, 0.05) is 19.8 Å². The number of amides is 1. The Kier molecular flexibility index (Phi) is 4.86. The number of halogens is 6. The van der Waals surface area contributed by atoms with Gasteiger partial charge in [0.15, 0.2) is 6.23 Å². The van der Waals surface area contributed by atoms with Crippen LogP contribution in [0, 0.1) is 0 Å². The maximum absolute atomic E-state index is 12.6. The van der Waals surface area contributed by atoms with Gasteiger partial charge in [-0.2, -0.15) is 31.4 Å². The molecule has 0 spiro atoms. The summed E-state index contributed by atoms with van der Waals surface area (Å²) in [5.41, 5.74) is 0.280. The van der Waals surface area contributed by atoms with Crippen LogP contribution in [0.3, 0.4) is 0 Å². The lowest BCUT2D eigenvalue weighted by Gasteiger charge is -2.29. The predicted molar refractivity (Wildman–Crippen MR) is 68.9 cm³/mol. The first-order valence-electron chi connectivity index (χ1n) is 6.80. The molecule has 2 atom stereocenters. The van der Waals surface area contributed by atoms with Crippen molar-refractivity contribution in [2.24, 2.45) is 7.05 Å². The molecule has 2 unspecified atom stereocenters. The lowest BCUT2D eigenvalue weighted by molar-refractivity contribution is -0.217. The Morgan fingerprint density at radius 2 is 1.88 bits per heavy atom. The molecule has 1 saturated heterocycles. The first-order valence-corrected chi connectivity index (χ1v) is 6.80. The van der Waals surface area contributed by atoms with E-state index in [2.05, 4.69) is 15.2 Å². The molecule has 1 aromatic heterocycles. The summed E-state index contributed by atoms with van der Waals surface area (Å²) in [6, 6.07) is -1.16. The highest BCUT2D eigenvalue weighted by atomic mass is 19.4. The zero-order chi connectivity index (χ0) is 19.0. The summed E-state index contributed by atoms with van der Waals surface area (Å²) in [7, 11) is 1.54.